The molecule has 0 saturated carbocycles. The molecule has 0 bridgehead atoms. The van der Waals surface area contributed by atoms with Gasteiger partial charge in [-0.25, -0.2) is 0 Å². The number of carbonyl (C=O) groups excluding carboxylic acids is 1. The summed E-state index contributed by atoms with van der Waals surface area (Å²) < 4.78 is 5.20. The van der Waals surface area contributed by atoms with Crippen LogP contribution in [-0.4, -0.2) is 26.2 Å². The van der Waals surface area contributed by atoms with E-state index in [9.17, 15) is 4.79 Å². The largest absolute Gasteiger partial charge is 0.381 e. The zero-order valence-corrected chi connectivity index (χ0v) is 6.22. The first kappa shape index (κ1) is 7.54. The minimum Gasteiger partial charge on any atom is -0.381 e. The van der Waals surface area contributed by atoms with E-state index in [2.05, 4.69) is 12.2 Å². The molecule has 1 heterocycles. The third-order valence-electron chi connectivity index (χ3n) is 1.91. The first-order valence-electron chi connectivity index (χ1n) is 3.52. The number of carbonyl (C=O) groups is 1. The van der Waals surface area contributed by atoms with Crippen LogP contribution in [0.25, 0.3) is 0 Å². The van der Waals surface area contributed by atoms with E-state index in [1.54, 1.807) is 0 Å². The summed E-state index contributed by atoms with van der Waals surface area (Å²) in [6.07, 6.45) is 1.79. The topological polar surface area (TPSA) is 38.3 Å². The van der Waals surface area contributed by atoms with Crippen LogP contribution in [0.3, 0.4) is 0 Å². The Morgan fingerprint density at radius 1 is 1.80 bits per heavy atom. The highest BCUT2D eigenvalue weighted by Gasteiger charge is 2.28. The van der Waals surface area contributed by atoms with Crippen molar-refractivity contribution < 1.29 is 9.53 Å². The number of rotatable bonds is 3. The predicted molar refractivity (Wildman–Crippen MR) is 37.6 cm³/mol. The molecule has 0 aromatic rings. The summed E-state index contributed by atoms with van der Waals surface area (Å²) in [6.45, 7) is 4.46. The Labute approximate surface area is 60.7 Å². The molecule has 0 radical (unpaired) electrons. The van der Waals surface area contributed by atoms with E-state index in [0.29, 0.717) is 0 Å². The molecule has 0 aromatic carbocycles. The van der Waals surface area contributed by atoms with E-state index in [4.69, 9.17) is 4.74 Å². The predicted octanol–water partition coefficient (Wildman–Crippen LogP) is 0.159. The van der Waals surface area contributed by atoms with Gasteiger partial charge in [-0.3, -0.25) is 4.79 Å². The van der Waals surface area contributed by atoms with Gasteiger partial charge in [-0.15, -0.1) is 0 Å². The smallest absolute Gasteiger partial charge is 0.207 e. The van der Waals surface area contributed by atoms with Crippen molar-refractivity contribution in [2.45, 2.75) is 13.3 Å². The molecule has 1 unspecified atom stereocenters. The van der Waals surface area contributed by atoms with E-state index in [1.165, 1.54) is 0 Å². The van der Waals surface area contributed by atoms with Gasteiger partial charge in [0, 0.05) is 18.6 Å². The second-order valence-electron chi connectivity index (χ2n) is 3.11. The lowest BCUT2D eigenvalue weighted by Gasteiger charge is -2.19. The summed E-state index contributed by atoms with van der Waals surface area (Å²) in [5.41, 5.74) is 0.181. The molecule has 1 aliphatic rings. The van der Waals surface area contributed by atoms with Gasteiger partial charge < -0.3 is 10.1 Å². The Morgan fingerprint density at radius 3 is 3.10 bits per heavy atom. The van der Waals surface area contributed by atoms with Crippen molar-refractivity contribution in [1.29, 1.82) is 0 Å². The van der Waals surface area contributed by atoms with Crippen LogP contribution in [0, 0.1) is 5.41 Å². The van der Waals surface area contributed by atoms with Crippen LogP contribution in [0.5, 0.6) is 0 Å². The molecule has 10 heavy (non-hydrogen) atoms. The van der Waals surface area contributed by atoms with Gasteiger partial charge in [0.1, 0.15) is 0 Å². The second kappa shape index (κ2) is 3.01. The fourth-order valence-corrected chi connectivity index (χ4v) is 1.14. The molecule has 1 amide bonds. The quantitative estimate of drug-likeness (QED) is 0.571. The molecular weight excluding hydrogens is 130 g/mol. The molecule has 1 N–H and O–H groups in total. The molecule has 0 spiro atoms. The molecule has 1 rings (SSSR count). The van der Waals surface area contributed by atoms with E-state index < -0.39 is 0 Å². The average molecular weight is 143 g/mol. The van der Waals surface area contributed by atoms with Crippen molar-refractivity contribution in [3.63, 3.8) is 0 Å². The average Bonchev–Trinajstić information content (AvgIpc) is 2.33. The van der Waals surface area contributed by atoms with Gasteiger partial charge in [0.25, 0.3) is 0 Å². The lowest BCUT2D eigenvalue weighted by molar-refractivity contribution is -0.109. The van der Waals surface area contributed by atoms with Crippen molar-refractivity contribution in [3.8, 4) is 0 Å². The minimum absolute atomic E-state index is 0.181. The molecule has 1 atom stereocenters. The molecule has 3 nitrogen and oxygen atoms in total. The van der Waals surface area contributed by atoms with Gasteiger partial charge in [-0.05, 0) is 6.42 Å². The Bertz CT molecular complexity index is 119. The first-order valence-corrected chi connectivity index (χ1v) is 3.52. The minimum atomic E-state index is 0.181. The van der Waals surface area contributed by atoms with Gasteiger partial charge >= 0.3 is 0 Å². The lowest BCUT2D eigenvalue weighted by atomic mass is 9.90. The van der Waals surface area contributed by atoms with Crippen LogP contribution in [0.1, 0.15) is 13.3 Å². The van der Waals surface area contributed by atoms with Gasteiger partial charge in [-0.1, -0.05) is 6.92 Å². The number of ether oxygens (including phenoxy) is 1. The van der Waals surface area contributed by atoms with Gasteiger partial charge in [0.05, 0.1) is 6.61 Å². The molecule has 58 valence electrons. The summed E-state index contributed by atoms with van der Waals surface area (Å²) >= 11 is 0. The maximum absolute atomic E-state index is 9.95. The van der Waals surface area contributed by atoms with Crippen LogP contribution in [0.2, 0.25) is 0 Å². The van der Waals surface area contributed by atoms with Crippen LogP contribution in [0.4, 0.5) is 0 Å². The number of nitrogens with one attached hydrogen (secondary N) is 1. The third kappa shape index (κ3) is 1.70. The van der Waals surface area contributed by atoms with Crippen molar-refractivity contribution in [1.82, 2.24) is 5.32 Å². The monoisotopic (exact) mass is 143 g/mol. The van der Waals surface area contributed by atoms with Crippen LogP contribution in [-0.2, 0) is 9.53 Å². The zero-order chi connectivity index (χ0) is 7.45. The fraction of sp³-hybridized carbons (Fsp3) is 0.857. The molecule has 1 saturated heterocycles. The molecular formula is C7H13NO2. The molecule has 0 aromatic heterocycles. The van der Waals surface area contributed by atoms with Crippen molar-refractivity contribution >= 4 is 6.41 Å². The Hall–Kier alpha value is -0.570. The second-order valence-corrected chi connectivity index (χ2v) is 3.11. The van der Waals surface area contributed by atoms with Crippen molar-refractivity contribution in [2.75, 3.05) is 19.8 Å². The molecule has 1 aliphatic heterocycles. The maximum atomic E-state index is 9.95. The summed E-state index contributed by atoms with van der Waals surface area (Å²) in [7, 11) is 0. The van der Waals surface area contributed by atoms with Gasteiger partial charge in [-0.2, -0.15) is 0 Å². The molecule has 3 heteroatoms. The van der Waals surface area contributed by atoms with E-state index in [0.717, 1.165) is 32.6 Å². The van der Waals surface area contributed by atoms with Gasteiger partial charge in [0.2, 0.25) is 6.41 Å². The number of amides is 1. The van der Waals surface area contributed by atoms with Crippen LogP contribution in [0.15, 0.2) is 0 Å². The fourth-order valence-electron chi connectivity index (χ4n) is 1.14. The Morgan fingerprint density at radius 2 is 2.60 bits per heavy atom. The summed E-state index contributed by atoms with van der Waals surface area (Å²) in [5, 5.41) is 2.67. The van der Waals surface area contributed by atoms with Crippen LogP contribution < -0.4 is 5.32 Å². The van der Waals surface area contributed by atoms with Gasteiger partial charge in [0.15, 0.2) is 0 Å². The highest BCUT2D eigenvalue weighted by Crippen LogP contribution is 2.26. The standard InChI is InChI=1S/C7H13NO2/c1-7(4-8-6-9)2-3-10-5-7/h6H,2-5H2,1H3,(H,8,9). The molecule has 0 aliphatic carbocycles. The Balaban J connectivity index is 2.28. The summed E-state index contributed by atoms with van der Waals surface area (Å²) in [4.78, 5) is 9.95. The maximum Gasteiger partial charge on any atom is 0.207 e. The SMILES string of the molecule is CC1(CNC=O)CCOC1. The summed E-state index contributed by atoms with van der Waals surface area (Å²) in [5.74, 6) is 0. The Kier molecular flexibility index (Phi) is 2.27. The van der Waals surface area contributed by atoms with E-state index in [-0.39, 0.29) is 5.41 Å². The first-order chi connectivity index (χ1) is 4.77. The molecule has 1 fully saturated rings. The normalized spacial score (nSPS) is 32.1. The van der Waals surface area contributed by atoms with Crippen LogP contribution >= 0.6 is 0 Å². The van der Waals surface area contributed by atoms with Crippen molar-refractivity contribution in [3.05, 3.63) is 0 Å². The zero-order valence-electron chi connectivity index (χ0n) is 6.22. The van der Waals surface area contributed by atoms with Crippen molar-refractivity contribution in [2.24, 2.45) is 5.41 Å². The highest BCUT2D eigenvalue weighted by atomic mass is 16.5. The third-order valence-corrected chi connectivity index (χ3v) is 1.91. The lowest BCUT2D eigenvalue weighted by Crippen LogP contribution is -2.31. The number of hydrogen-bond donors (Lipinski definition) is 1. The summed E-state index contributed by atoms with van der Waals surface area (Å²) in [6, 6.07) is 0. The highest BCUT2D eigenvalue weighted by molar-refractivity contribution is 5.45. The van der Waals surface area contributed by atoms with E-state index >= 15 is 0 Å². The van der Waals surface area contributed by atoms with E-state index in [1.807, 2.05) is 0 Å². The number of hydrogen-bond acceptors (Lipinski definition) is 2.